The van der Waals surface area contributed by atoms with Gasteiger partial charge in [-0.3, -0.25) is 4.90 Å². The van der Waals surface area contributed by atoms with Crippen LogP contribution >= 0.6 is 11.3 Å². The number of hydrogen-bond donors (Lipinski definition) is 0. The molecule has 2 aromatic heterocycles. The highest BCUT2D eigenvalue weighted by Crippen LogP contribution is 2.31. The van der Waals surface area contributed by atoms with Crippen molar-refractivity contribution in [3.05, 3.63) is 47.1 Å². The normalized spacial score (nSPS) is 15.0. The number of methoxy groups -OCH3 is 1. The summed E-state index contributed by atoms with van der Waals surface area (Å²) in [5, 5.41) is 1.23. The van der Waals surface area contributed by atoms with Crippen molar-refractivity contribution in [3.8, 4) is 5.75 Å². The second kappa shape index (κ2) is 10.9. The summed E-state index contributed by atoms with van der Waals surface area (Å²) in [6.45, 7) is 7.79. The summed E-state index contributed by atoms with van der Waals surface area (Å²) in [6.07, 6.45) is 9.15. The van der Waals surface area contributed by atoms with E-state index >= 15 is 0 Å². The van der Waals surface area contributed by atoms with Crippen LogP contribution in [0.3, 0.4) is 0 Å². The quantitative estimate of drug-likeness (QED) is 0.408. The van der Waals surface area contributed by atoms with Gasteiger partial charge < -0.3 is 9.64 Å². The Balaban J connectivity index is 1.15. The molecular weight excluding hydrogens is 404 g/mol. The number of aromatic nitrogens is 2. The Morgan fingerprint density at radius 1 is 0.968 bits per heavy atom. The molecule has 3 heterocycles. The van der Waals surface area contributed by atoms with Crippen molar-refractivity contribution in [1.82, 2.24) is 14.9 Å². The Labute approximate surface area is 190 Å². The molecule has 0 radical (unpaired) electrons. The standard InChI is InChI=1S/C25H34N4OS/c1-3-22-18-23-24(26-19-27-25(23)31-22)29-16-14-28(15-17-29)13-7-5-4-6-8-20-9-11-21(30-2)12-10-20/h9-12,18-19H,3-8,13-17H2,1-2H3. The fourth-order valence-electron chi connectivity index (χ4n) is 4.31. The van der Waals surface area contributed by atoms with Gasteiger partial charge in [0.1, 0.15) is 22.7 Å². The average molecular weight is 439 g/mol. The molecule has 0 spiro atoms. The first-order chi connectivity index (χ1) is 15.3. The van der Waals surface area contributed by atoms with E-state index < -0.39 is 0 Å². The van der Waals surface area contributed by atoms with Crippen LogP contribution in [0.2, 0.25) is 0 Å². The van der Waals surface area contributed by atoms with Crippen molar-refractivity contribution < 1.29 is 4.74 Å². The van der Waals surface area contributed by atoms with Gasteiger partial charge in [-0.25, -0.2) is 9.97 Å². The molecule has 0 amide bonds. The number of thiophene rings is 1. The smallest absolute Gasteiger partial charge is 0.140 e. The number of benzene rings is 1. The molecule has 31 heavy (non-hydrogen) atoms. The lowest BCUT2D eigenvalue weighted by Gasteiger charge is -2.35. The third kappa shape index (κ3) is 5.74. The van der Waals surface area contributed by atoms with E-state index in [4.69, 9.17) is 4.74 Å². The lowest BCUT2D eigenvalue weighted by molar-refractivity contribution is 0.251. The van der Waals surface area contributed by atoms with E-state index in [1.165, 1.54) is 54.5 Å². The summed E-state index contributed by atoms with van der Waals surface area (Å²) in [7, 11) is 1.72. The Kier molecular flexibility index (Phi) is 7.76. The van der Waals surface area contributed by atoms with Crippen LogP contribution < -0.4 is 9.64 Å². The minimum absolute atomic E-state index is 0.939. The molecule has 3 aromatic rings. The van der Waals surface area contributed by atoms with E-state index in [0.717, 1.165) is 49.0 Å². The maximum absolute atomic E-state index is 5.23. The summed E-state index contributed by atoms with van der Waals surface area (Å²) in [6, 6.07) is 10.8. The summed E-state index contributed by atoms with van der Waals surface area (Å²) in [4.78, 5) is 16.7. The minimum Gasteiger partial charge on any atom is -0.497 e. The van der Waals surface area contributed by atoms with Gasteiger partial charge in [0, 0.05) is 31.1 Å². The third-order valence-electron chi connectivity index (χ3n) is 6.23. The largest absolute Gasteiger partial charge is 0.497 e. The van der Waals surface area contributed by atoms with E-state index in [0.29, 0.717) is 0 Å². The zero-order valence-corrected chi connectivity index (χ0v) is 19.7. The molecule has 4 rings (SSSR count). The summed E-state index contributed by atoms with van der Waals surface area (Å²) < 4.78 is 5.23. The van der Waals surface area contributed by atoms with Gasteiger partial charge in [0.2, 0.25) is 0 Å². The number of rotatable bonds is 10. The Bertz CT molecular complexity index is 948. The van der Waals surface area contributed by atoms with Crippen LogP contribution in [-0.2, 0) is 12.8 Å². The van der Waals surface area contributed by atoms with Gasteiger partial charge in [0.25, 0.3) is 0 Å². The van der Waals surface area contributed by atoms with Gasteiger partial charge in [-0.2, -0.15) is 0 Å². The molecule has 0 unspecified atom stereocenters. The summed E-state index contributed by atoms with van der Waals surface area (Å²) >= 11 is 1.80. The van der Waals surface area contributed by atoms with E-state index in [-0.39, 0.29) is 0 Å². The second-order valence-electron chi connectivity index (χ2n) is 8.32. The number of piperazine rings is 1. The molecule has 1 aliphatic heterocycles. The monoisotopic (exact) mass is 438 g/mol. The Morgan fingerprint density at radius 2 is 1.74 bits per heavy atom. The Hall–Kier alpha value is -2.18. The highest BCUT2D eigenvalue weighted by Gasteiger charge is 2.20. The fraction of sp³-hybridized carbons (Fsp3) is 0.520. The van der Waals surface area contributed by atoms with E-state index in [1.54, 1.807) is 24.8 Å². The Morgan fingerprint density at radius 3 is 2.48 bits per heavy atom. The number of anilines is 1. The number of aryl methyl sites for hydroxylation is 2. The first kappa shape index (κ1) is 22.0. The first-order valence-electron chi connectivity index (χ1n) is 11.6. The van der Waals surface area contributed by atoms with Crippen molar-refractivity contribution in [2.75, 3.05) is 44.7 Å². The number of unbranched alkanes of at least 4 members (excludes halogenated alkanes) is 3. The number of ether oxygens (including phenoxy) is 1. The highest BCUT2D eigenvalue weighted by atomic mass is 32.1. The van der Waals surface area contributed by atoms with Crippen molar-refractivity contribution >= 4 is 27.4 Å². The van der Waals surface area contributed by atoms with Crippen molar-refractivity contribution in [1.29, 1.82) is 0 Å². The van der Waals surface area contributed by atoms with Gasteiger partial charge in [0.05, 0.1) is 12.5 Å². The topological polar surface area (TPSA) is 41.5 Å². The van der Waals surface area contributed by atoms with Crippen LogP contribution in [-0.4, -0.2) is 54.7 Å². The minimum atomic E-state index is 0.939. The van der Waals surface area contributed by atoms with Crippen molar-refractivity contribution in [3.63, 3.8) is 0 Å². The van der Waals surface area contributed by atoms with E-state index in [2.05, 4.69) is 57.0 Å². The van der Waals surface area contributed by atoms with Gasteiger partial charge >= 0.3 is 0 Å². The zero-order chi connectivity index (χ0) is 21.5. The molecule has 6 heteroatoms. The van der Waals surface area contributed by atoms with Crippen LogP contribution in [0.5, 0.6) is 5.75 Å². The van der Waals surface area contributed by atoms with Crippen LogP contribution in [0.4, 0.5) is 5.82 Å². The predicted molar refractivity (Wildman–Crippen MR) is 131 cm³/mol. The second-order valence-corrected chi connectivity index (χ2v) is 9.44. The lowest BCUT2D eigenvalue weighted by Crippen LogP contribution is -2.47. The first-order valence-corrected chi connectivity index (χ1v) is 12.4. The maximum Gasteiger partial charge on any atom is 0.140 e. The molecular formula is C25H34N4OS. The summed E-state index contributed by atoms with van der Waals surface area (Å²) in [5.41, 5.74) is 1.41. The SMILES string of the molecule is CCc1cc2c(N3CCN(CCCCCCc4ccc(OC)cc4)CC3)ncnc2s1. The van der Waals surface area contributed by atoms with Crippen LogP contribution in [0.1, 0.15) is 43.0 Å². The number of hydrogen-bond acceptors (Lipinski definition) is 6. The van der Waals surface area contributed by atoms with Crippen molar-refractivity contribution in [2.24, 2.45) is 0 Å². The molecule has 0 bridgehead atoms. The number of nitrogens with zero attached hydrogens (tertiary/aromatic N) is 4. The lowest BCUT2D eigenvalue weighted by atomic mass is 10.1. The molecule has 0 aliphatic carbocycles. The van der Waals surface area contributed by atoms with Gasteiger partial charge in [-0.1, -0.05) is 31.9 Å². The number of fused-ring (bicyclic) bond motifs is 1. The molecule has 0 atom stereocenters. The molecule has 5 nitrogen and oxygen atoms in total. The molecule has 1 saturated heterocycles. The molecule has 1 aliphatic rings. The van der Waals surface area contributed by atoms with Gasteiger partial charge in [-0.05, 0) is 56.0 Å². The van der Waals surface area contributed by atoms with E-state index in [1.807, 2.05) is 0 Å². The molecule has 0 saturated carbocycles. The van der Waals surface area contributed by atoms with Crippen LogP contribution in [0.15, 0.2) is 36.7 Å². The average Bonchev–Trinajstić information content (AvgIpc) is 3.26. The molecule has 166 valence electrons. The van der Waals surface area contributed by atoms with Crippen molar-refractivity contribution in [2.45, 2.75) is 45.4 Å². The highest BCUT2D eigenvalue weighted by molar-refractivity contribution is 7.18. The molecule has 1 fully saturated rings. The van der Waals surface area contributed by atoms with Gasteiger partial charge in [0.15, 0.2) is 0 Å². The fourth-order valence-corrected chi connectivity index (χ4v) is 5.24. The maximum atomic E-state index is 5.23. The predicted octanol–water partition coefficient (Wildman–Crippen LogP) is 5.19. The molecule has 1 aromatic carbocycles. The summed E-state index contributed by atoms with van der Waals surface area (Å²) in [5.74, 6) is 2.06. The zero-order valence-electron chi connectivity index (χ0n) is 18.8. The van der Waals surface area contributed by atoms with Crippen LogP contribution in [0, 0.1) is 0 Å². The third-order valence-corrected chi connectivity index (χ3v) is 7.42. The molecule has 0 N–H and O–H groups in total. The van der Waals surface area contributed by atoms with Gasteiger partial charge in [-0.15, -0.1) is 11.3 Å². The van der Waals surface area contributed by atoms with E-state index in [9.17, 15) is 0 Å². The van der Waals surface area contributed by atoms with Crippen LogP contribution in [0.25, 0.3) is 10.2 Å².